The SMILES string of the molecule is Cc1cncc([C@H]2CCCN2S(=O)(=O)c2cn(C)nc2C)n1. The Balaban J connectivity index is 2.01. The quantitative estimate of drug-likeness (QED) is 0.852. The van der Waals surface area contributed by atoms with E-state index in [4.69, 9.17) is 0 Å². The van der Waals surface area contributed by atoms with Gasteiger partial charge in [-0.25, -0.2) is 8.42 Å². The van der Waals surface area contributed by atoms with Crippen molar-refractivity contribution in [2.75, 3.05) is 6.54 Å². The minimum absolute atomic E-state index is 0.253. The first-order valence-electron chi connectivity index (χ1n) is 7.20. The predicted octanol–water partition coefficient (Wildman–Crippen LogP) is 1.35. The predicted molar refractivity (Wildman–Crippen MR) is 80.6 cm³/mol. The lowest BCUT2D eigenvalue weighted by Crippen LogP contribution is -2.31. The molecule has 118 valence electrons. The van der Waals surface area contributed by atoms with Gasteiger partial charge in [0.05, 0.1) is 29.3 Å². The molecule has 22 heavy (non-hydrogen) atoms. The minimum atomic E-state index is -3.58. The fourth-order valence-corrected chi connectivity index (χ4v) is 4.79. The van der Waals surface area contributed by atoms with Gasteiger partial charge in [-0.15, -0.1) is 0 Å². The summed E-state index contributed by atoms with van der Waals surface area (Å²) < 4.78 is 29.0. The summed E-state index contributed by atoms with van der Waals surface area (Å²) in [7, 11) is -1.85. The van der Waals surface area contributed by atoms with Crippen LogP contribution in [0.1, 0.15) is 36.0 Å². The second-order valence-corrected chi connectivity index (χ2v) is 7.47. The molecular weight excluding hydrogens is 302 g/mol. The van der Waals surface area contributed by atoms with Gasteiger partial charge in [0.15, 0.2) is 0 Å². The van der Waals surface area contributed by atoms with Crippen LogP contribution < -0.4 is 0 Å². The minimum Gasteiger partial charge on any atom is -0.274 e. The molecule has 0 bridgehead atoms. The van der Waals surface area contributed by atoms with Crippen molar-refractivity contribution in [1.29, 1.82) is 0 Å². The number of aryl methyl sites for hydroxylation is 3. The van der Waals surface area contributed by atoms with Gasteiger partial charge in [-0.1, -0.05) is 0 Å². The topological polar surface area (TPSA) is 81.0 Å². The molecule has 1 aliphatic heterocycles. The Labute approximate surface area is 130 Å². The third kappa shape index (κ3) is 2.52. The number of sulfonamides is 1. The Hall–Kier alpha value is -1.80. The van der Waals surface area contributed by atoms with Crippen LogP contribution in [0, 0.1) is 13.8 Å². The molecule has 1 fully saturated rings. The van der Waals surface area contributed by atoms with E-state index in [1.807, 2.05) is 6.92 Å². The van der Waals surface area contributed by atoms with Crippen LogP contribution in [0.15, 0.2) is 23.5 Å². The molecule has 0 unspecified atom stereocenters. The number of rotatable bonds is 3. The van der Waals surface area contributed by atoms with E-state index in [1.54, 1.807) is 32.6 Å². The monoisotopic (exact) mass is 321 g/mol. The Morgan fingerprint density at radius 2 is 2.05 bits per heavy atom. The van der Waals surface area contributed by atoms with Crippen molar-refractivity contribution >= 4 is 10.0 Å². The zero-order valence-corrected chi connectivity index (χ0v) is 13.7. The van der Waals surface area contributed by atoms with Crippen LogP contribution in [0.25, 0.3) is 0 Å². The number of aromatic nitrogens is 4. The van der Waals surface area contributed by atoms with E-state index in [9.17, 15) is 8.42 Å². The highest BCUT2D eigenvalue weighted by Crippen LogP contribution is 2.36. The molecule has 2 aromatic rings. The Kier molecular flexibility index (Phi) is 3.73. The summed E-state index contributed by atoms with van der Waals surface area (Å²) >= 11 is 0. The molecule has 0 N–H and O–H groups in total. The summed E-state index contributed by atoms with van der Waals surface area (Å²) in [5, 5.41) is 4.14. The van der Waals surface area contributed by atoms with E-state index in [0.717, 1.165) is 18.5 Å². The molecule has 1 atom stereocenters. The van der Waals surface area contributed by atoms with Gasteiger partial charge in [0.2, 0.25) is 10.0 Å². The van der Waals surface area contributed by atoms with Crippen LogP contribution >= 0.6 is 0 Å². The standard InChI is InChI=1S/C14H19N5O2S/c1-10-7-15-8-12(16-10)13-5-4-6-19(13)22(20,21)14-9-18(3)17-11(14)2/h7-9,13H,4-6H2,1-3H3/t13-/m1/s1. The van der Waals surface area contributed by atoms with Gasteiger partial charge >= 0.3 is 0 Å². The Bertz CT molecular complexity index is 799. The van der Waals surface area contributed by atoms with Crippen LogP contribution in [-0.4, -0.2) is 39.0 Å². The van der Waals surface area contributed by atoms with Crippen molar-refractivity contribution < 1.29 is 8.42 Å². The summed E-state index contributed by atoms with van der Waals surface area (Å²) in [6.07, 6.45) is 6.46. The van der Waals surface area contributed by atoms with Crippen molar-refractivity contribution in [2.45, 2.75) is 37.6 Å². The van der Waals surface area contributed by atoms with Gasteiger partial charge in [-0.2, -0.15) is 9.40 Å². The molecular formula is C14H19N5O2S. The maximum absolute atomic E-state index is 13.0. The second-order valence-electron chi connectivity index (χ2n) is 5.61. The second kappa shape index (κ2) is 5.44. The van der Waals surface area contributed by atoms with Gasteiger partial charge < -0.3 is 0 Å². The fourth-order valence-electron chi connectivity index (χ4n) is 2.92. The molecule has 0 aliphatic carbocycles. The first-order valence-corrected chi connectivity index (χ1v) is 8.64. The third-order valence-electron chi connectivity index (χ3n) is 3.87. The summed E-state index contributed by atoms with van der Waals surface area (Å²) in [4.78, 5) is 8.86. The molecule has 0 amide bonds. The number of hydrogen-bond donors (Lipinski definition) is 0. The van der Waals surface area contributed by atoms with Crippen molar-refractivity contribution in [1.82, 2.24) is 24.1 Å². The van der Waals surface area contributed by atoms with Crippen LogP contribution in [0.4, 0.5) is 0 Å². The van der Waals surface area contributed by atoms with Crippen LogP contribution in [0.3, 0.4) is 0 Å². The zero-order chi connectivity index (χ0) is 15.9. The normalized spacial score (nSPS) is 19.7. The summed E-state index contributed by atoms with van der Waals surface area (Å²) in [5.74, 6) is 0. The molecule has 0 radical (unpaired) electrons. The maximum Gasteiger partial charge on any atom is 0.247 e. The lowest BCUT2D eigenvalue weighted by molar-refractivity contribution is 0.389. The highest BCUT2D eigenvalue weighted by Gasteiger charge is 2.38. The van der Waals surface area contributed by atoms with E-state index in [2.05, 4.69) is 15.1 Å². The summed E-state index contributed by atoms with van der Waals surface area (Å²) in [6.45, 7) is 4.07. The highest BCUT2D eigenvalue weighted by atomic mass is 32.2. The summed E-state index contributed by atoms with van der Waals surface area (Å²) in [5.41, 5.74) is 2.02. The van der Waals surface area contributed by atoms with Crippen LogP contribution in [0.2, 0.25) is 0 Å². The smallest absolute Gasteiger partial charge is 0.247 e. The molecule has 2 aromatic heterocycles. The molecule has 3 rings (SSSR count). The highest BCUT2D eigenvalue weighted by molar-refractivity contribution is 7.89. The van der Waals surface area contributed by atoms with Gasteiger partial charge in [0.25, 0.3) is 0 Å². The van der Waals surface area contributed by atoms with Gasteiger partial charge in [0, 0.05) is 26.0 Å². The number of hydrogen-bond acceptors (Lipinski definition) is 5. The molecule has 0 aromatic carbocycles. The molecule has 7 nitrogen and oxygen atoms in total. The van der Waals surface area contributed by atoms with Gasteiger partial charge in [-0.3, -0.25) is 14.6 Å². The largest absolute Gasteiger partial charge is 0.274 e. The van der Waals surface area contributed by atoms with Crippen LogP contribution in [0.5, 0.6) is 0 Å². The average Bonchev–Trinajstić information content (AvgIpc) is 3.06. The molecule has 0 saturated carbocycles. The molecule has 8 heteroatoms. The van der Waals surface area contributed by atoms with E-state index in [-0.39, 0.29) is 10.9 Å². The van der Waals surface area contributed by atoms with Crippen molar-refractivity contribution in [3.05, 3.63) is 35.7 Å². The number of nitrogens with zero attached hydrogens (tertiary/aromatic N) is 5. The Morgan fingerprint density at radius 3 is 2.68 bits per heavy atom. The zero-order valence-electron chi connectivity index (χ0n) is 12.9. The molecule has 1 aliphatic rings. The van der Waals surface area contributed by atoms with Crippen molar-refractivity contribution in [3.8, 4) is 0 Å². The van der Waals surface area contributed by atoms with Crippen molar-refractivity contribution in [3.63, 3.8) is 0 Å². The first-order chi connectivity index (χ1) is 10.4. The fraction of sp³-hybridized carbons (Fsp3) is 0.500. The van der Waals surface area contributed by atoms with Crippen LogP contribution in [-0.2, 0) is 17.1 Å². The Morgan fingerprint density at radius 1 is 1.27 bits per heavy atom. The lowest BCUT2D eigenvalue weighted by atomic mass is 10.2. The third-order valence-corrected chi connectivity index (χ3v) is 5.88. The molecule has 1 saturated heterocycles. The average molecular weight is 321 g/mol. The van der Waals surface area contributed by atoms with Gasteiger partial charge in [-0.05, 0) is 26.7 Å². The lowest BCUT2D eigenvalue weighted by Gasteiger charge is -2.23. The van der Waals surface area contributed by atoms with E-state index in [0.29, 0.717) is 17.9 Å². The maximum atomic E-state index is 13.0. The molecule has 3 heterocycles. The molecule has 0 spiro atoms. The van der Waals surface area contributed by atoms with E-state index >= 15 is 0 Å². The van der Waals surface area contributed by atoms with E-state index in [1.165, 1.54) is 8.99 Å². The first kappa shape index (κ1) is 15.1. The van der Waals surface area contributed by atoms with Gasteiger partial charge in [0.1, 0.15) is 4.90 Å². The van der Waals surface area contributed by atoms with Crippen molar-refractivity contribution in [2.24, 2.45) is 7.05 Å². The van der Waals surface area contributed by atoms with E-state index < -0.39 is 10.0 Å². The summed E-state index contributed by atoms with van der Waals surface area (Å²) in [6, 6.07) is -0.253.